The van der Waals surface area contributed by atoms with E-state index in [1.54, 1.807) is 0 Å². The average Bonchev–Trinajstić information content (AvgIpc) is 2.77. The van der Waals surface area contributed by atoms with Crippen LogP contribution in [0, 0.1) is 0 Å². The molecule has 1 heterocycles. The largest absolute Gasteiger partial charge is 0.479 e. The highest BCUT2D eigenvalue weighted by atomic mass is 35.5. The number of aliphatic hydroxyl groups is 1. The number of carbonyl (C=O) groups is 1. The number of amides is 1. The number of rotatable bonds is 3. The first-order chi connectivity index (χ1) is 11.0. The van der Waals surface area contributed by atoms with Gasteiger partial charge in [-0.15, -0.1) is 0 Å². The smallest absolute Gasteiger partial charge is 0.438 e. The van der Waals surface area contributed by atoms with E-state index in [-0.39, 0.29) is 21.5 Å². The van der Waals surface area contributed by atoms with Crippen LogP contribution in [0.2, 0.25) is 10.0 Å². The molecule has 1 aliphatic rings. The Balaban J connectivity index is 2.23. The van der Waals surface area contributed by atoms with Crippen LogP contribution >= 0.6 is 23.2 Å². The Morgan fingerprint density at radius 3 is 2.62 bits per heavy atom. The van der Waals surface area contributed by atoms with E-state index in [4.69, 9.17) is 27.9 Å². The molecule has 0 aliphatic carbocycles. The van der Waals surface area contributed by atoms with Crippen LogP contribution in [0.3, 0.4) is 0 Å². The summed E-state index contributed by atoms with van der Waals surface area (Å²) in [6, 6.07) is 4.19. The number of ether oxygens (including phenoxy) is 1. The number of hydrazone groups is 1. The summed E-state index contributed by atoms with van der Waals surface area (Å²) in [5.74, 6) is -1.09. The monoisotopic (exact) mass is 384 g/mol. The van der Waals surface area contributed by atoms with Gasteiger partial charge in [-0.3, -0.25) is 4.79 Å². The molecule has 0 bridgehead atoms. The quantitative estimate of drug-likeness (QED) is 0.865. The maximum absolute atomic E-state index is 13.1. The molecule has 0 radical (unpaired) electrons. The van der Waals surface area contributed by atoms with Crippen molar-refractivity contribution in [3.8, 4) is 5.75 Å². The first-order valence-corrected chi connectivity index (χ1v) is 7.50. The lowest BCUT2D eigenvalue weighted by Gasteiger charge is -2.33. The number of carbonyl (C=O) groups excluding carboxylic acids is 1. The lowest BCUT2D eigenvalue weighted by atomic mass is 10.1. The molecular formula is C14H13Cl2F3N2O3. The first kappa shape index (κ1) is 18.8. The highest BCUT2D eigenvalue weighted by Gasteiger charge is 2.63. The molecule has 0 aromatic heterocycles. The van der Waals surface area contributed by atoms with Crippen LogP contribution in [0.4, 0.5) is 13.2 Å². The highest BCUT2D eigenvalue weighted by molar-refractivity contribution is 6.35. The molecule has 0 unspecified atom stereocenters. The average molecular weight is 385 g/mol. The Morgan fingerprint density at radius 1 is 1.46 bits per heavy atom. The summed E-state index contributed by atoms with van der Waals surface area (Å²) in [7, 11) is 0. The number of hydrogen-bond donors (Lipinski definition) is 1. The van der Waals surface area contributed by atoms with Crippen LogP contribution < -0.4 is 4.74 Å². The van der Waals surface area contributed by atoms with Gasteiger partial charge in [-0.25, -0.2) is 0 Å². The van der Waals surface area contributed by atoms with Gasteiger partial charge in [0.15, 0.2) is 6.10 Å². The maximum atomic E-state index is 13.1. The molecule has 132 valence electrons. The number of benzene rings is 1. The van der Waals surface area contributed by atoms with Crippen LogP contribution in [0.25, 0.3) is 0 Å². The minimum atomic E-state index is -5.07. The van der Waals surface area contributed by atoms with Gasteiger partial charge < -0.3 is 9.84 Å². The second-order valence-electron chi connectivity index (χ2n) is 5.31. The Kier molecular flexibility index (Phi) is 5.03. The van der Waals surface area contributed by atoms with Gasteiger partial charge in [0.05, 0.1) is 5.02 Å². The van der Waals surface area contributed by atoms with Crippen molar-refractivity contribution in [2.24, 2.45) is 5.10 Å². The molecule has 24 heavy (non-hydrogen) atoms. The molecule has 1 aromatic carbocycles. The molecule has 2 rings (SSSR count). The fourth-order valence-corrected chi connectivity index (χ4v) is 2.61. The van der Waals surface area contributed by atoms with Gasteiger partial charge in [-0.2, -0.15) is 23.3 Å². The van der Waals surface area contributed by atoms with E-state index in [9.17, 15) is 23.1 Å². The van der Waals surface area contributed by atoms with Gasteiger partial charge in [0.1, 0.15) is 5.75 Å². The molecule has 0 saturated carbocycles. The Hall–Kier alpha value is -1.51. The normalized spacial score (nSPS) is 22.3. The summed E-state index contributed by atoms with van der Waals surface area (Å²) in [4.78, 5) is 12.3. The maximum Gasteiger partial charge on any atom is 0.438 e. The van der Waals surface area contributed by atoms with Crippen molar-refractivity contribution in [1.82, 2.24) is 5.01 Å². The molecule has 1 aliphatic heterocycles. The van der Waals surface area contributed by atoms with Crippen molar-refractivity contribution in [3.63, 3.8) is 0 Å². The summed E-state index contributed by atoms with van der Waals surface area (Å²) in [6.45, 7) is 2.51. The van der Waals surface area contributed by atoms with Gasteiger partial charge in [-0.1, -0.05) is 23.2 Å². The Morgan fingerprint density at radius 2 is 2.08 bits per heavy atom. The lowest BCUT2D eigenvalue weighted by molar-refractivity contribution is -0.303. The van der Waals surface area contributed by atoms with E-state index < -0.39 is 30.3 Å². The molecule has 1 N–H and O–H groups in total. The predicted molar refractivity (Wildman–Crippen MR) is 82.1 cm³/mol. The molecule has 5 nitrogen and oxygen atoms in total. The summed E-state index contributed by atoms with van der Waals surface area (Å²) < 4.78 is 44.7. The second-order valence-corrected chi connectivity index (χ2v) is 6.15. The molecule has 0 fully saturated rings. The third kappa shape index (κ3) is 3.45. The van der Waals surface area contributed by atoms with Crippen LogP contribution in [-0.2, 0) is 4.79 Å². The predicted octanol–water partition coefficient (Wildman–Crippen LogP) is 3.62. The van der Waals surface area contributed by atoms with E-state index in [0.717, 1.165) is 0 Å². The van der Waals surface area contributed by atoms with E-state index in [1.807, 2.05) is 0 Å². The van der Waals surface area contributed by atoms with Crippen molar-refractivity contribution < 1.29 is 27.8 Å². The molecule has 1 amide bonds. The van der Waals surface area contributed by atoms with Gasteiger partial charge in [-0.05, 0) is 32.0 Å². The summed E-state index contributed by atoms with van der Waals surface area (Å²) >= 11 is 11.6. The number of halogens is 5. The third-order valence-electron chi connectivity index (χ3n) is 3.33. The van der Waals surface area contributed by atoms with Crippen molar-refractivity contribution in [3.05, 3.63) is 28.2 Å². The van der Waals surface area contributed by atoms with Crippen LogP contribution in [-0.4, -0.2) is 39.7 Å². The minimum absolute atomic E-state index is 0.0107. The molecular weight excluding hydrogens is 372 g/mol. The van der Waals surface area contributed by atoms with Crippen LogP contribution in [0.5, 0.6) is 5.75 Å². The van der Waals surface area contributed by atoms with Crippen molar-refractivity contribution in [2.75, 3.05) is 0 Å². The van der Waals surface area contributed by atoms with Gasteiger partial charge in [0.25, 0.3) is 11.6 Å². The Labute approximate surface area is 145 Å². The van der Waals surface area contributed by atoms with Crippen molar-refractivity contribution in [1.29, 1.82) is 0 Å². The topological polar surface area (TPSA) is 62.1 Å². The highest BCUT2D eigenvalue weighted by Crippen LogP contribution is 2.40. The third-order valence-corrected chi connectivity index (χ3v) is 3.86. The molecule has 0 spiro atoms. The zero-order chi connectivity index (χ0) is 18.3. The Bertz CT molecular complexity index is 696. The molecule has 2 atom stereocenters. The second kappa shape index (κ2) is 6.42. The number of alkyl halides is 3. The van der Waals surface area contributed by atoms with Gasteiger partial charge in [0.2, 0.25) is 0 Å². The minimum Gasteiger partial charge on any atom is -0.479 e. The van der Waals surface area contributed by atoms with E-state index in [0.29, 0.717) is 5.02 Å². The zero-order valence-electron chi connectivity index (χ0n) is 12.6. The SMILES string of the molecule is CC1=NN(C(=O)[C@@H](C)Oc2ccc(Cl)cc2Cl)[C@](O)(C(F)(F)F)C1. The van der Waals surface area contributed by atoms with Gasteiger partial charge in [0, 0.05) is 17.2 Å². The van der Waals surface area contributed by atoms with Crippen LogP contribution in [0.1, 0.15) is 20.3 Å². The summed E-state index contributed by atoms with van der Waals surface area (Å²) in [5, 5.41) is 13.8. The number of hydrogen-bond acceptors (Lipinski definition) is 4. The lowest BCUT2D eigenvalue weighted by Crippen LogP contribution is -2.58. The first-order valence-electron chi connectivity index (χ1n) is 6.74. The fraction of sp³-hybridized carbons (Fsp3) is 0.429. The summed E-state index contributed by atoms with van der Waals surface area (Å²) in [5.41, 5.74) is -3.42. The zero-order valence-corrected chi connectivity index (χ0v) is 14.1. The number of nitrogens with zero attached hydrogens (tertiary/aromatic N) is 2. The van der Waals surface area contributed by atoms with Crippen molar-refractivity contribution in [2.45, 2.75) is 38.3 Å². The fourth-order valence-electron chi connectivity index (χ4n) is 2.16. The van der Waals surface area contributed by atoms with Gasteiger partial charge >= 0.3 is 6.18 Å². The van der Waals surface area contributed by atoms with E-state index in [2.05, 4.69) is 5.10 Å². The van der Waals surface area contributed by atoms with Crippen molar-refractivity contribution >= 4 is 34.8 Å². The van der Waals surface area contributed by atoms with E-state index in [1.165, 1.54) is 32.0 Å². The standard InChI is InChI=1S/C14H13Cl2F3N2O3/c1-7-6-13(23,14(17,18)19)21(20-7)12(22)8(2)24-11-4-3-9(15)5-10(11)16/h3-5,8,23H,6H2,1-2H3/t8-,13-/m1/s1. The van der Waals surface area contributed by atoms with E-state index >= 15 is 0 Å². The molecule has 10 heteroatoms. The van der Waals surface area contributed by atoms with Crippen LogP contribution in [0.15, 0.2) is 23.3 Å². The molecule has 1 aromatic rings. The summed E-state index contributed by atoms with van der Waals surface area (Å²) in [6.07, 6.45) is -7.26. The molecule has 0 saturated heterocycles.